The summed E-state index contributed by atoms with van der Waals surface area (Å²) in [7, 11) is -3.66. The zero-order valence-corrected chi connectivity index (χ0v) is 12.8. The summed E-state index contributed by atoms with van der Waals surface area (Å²) < 4.78 is 23.9. The number of benzene rings is 2. The number of hydrazine groups is 1. The normalized spacial score (nSPS) is 11.5. The van der Waals surface area contributed by atoms with Crippen molar-refractivity contribution in [2.75, 3.05) is 0 Å². The second-order valence-electron chi connectivity index (χ2n) is 4.63. The van der Waals surface area contributed by atoms with E-state index in [4.69, 9.17) is 0 Å². The predicted octanol–water partition coefficient (Wildman–Crippen LogP) is 2.17. The highest BCUT2D eigenvalue weighted by Gasteiger charge is 2.11. The van der Waals surface area contributed by atoms with Gasteiger partial charge in [-0.25, -0.2) is 8.42 Å². The Morgan fingerprint density at radius 1 is 1.00 bits per heavy atom. The minimum atomic E-state index is -3.66. The third-order valence-electron chi connectivity index (χ3n) is 2.90. The third-order valence-corrected chi connectivity index (χ3v) is 4.18. The van der Waals surface area contributed by atoms with Crippen molar-refractivity contribution < 1.29 is 13.2 Å². The van der Waals surface area contributed by atoms with Crippen molar-refractivity contribution in [1.82, 2.24) is 10.3 Å². The summed E-state index contributed by atoms with van der Waals surface area (Å²) in [6.45, 7) is 1.88. The highest BCUT2D eigenvalue weighted by molar-refractivity contribution is 7.89. The van der Waals surface area contributed by atoms with E-state index < -0.39 is 10.0 Å². The fraction of sp³-hybridized carbons (Fsp3) is 0.0625. The average molecular weight is 316 g/mol. The Morgan fingerprint density at radius 2 is 1.64 bits per heavy atom. The van der Waals surface area contributed by atoms with Crippen LogP contribution in [0.2, 0.25) is 0 Å². The van der Waals surface area contributed by atoms with Crippen LogP contribution in [-0.2, 0) is 10.0 Å². The molecule has 5 nitrogen and oxygen atoms in total. The van der Waals surface area contributed by atoms with Crippen LogP contribution in [0.5, 0.6) is 0 Å². The summed E-state index contributed by atoms with van der Waals surface area (Å²) in [5.41, 5.74) is 3.90. The molecule has 0 aliphatic carbocycles. The van der Waals surface area contributed by atoms with Crippen molar-refractivity contribution in [3.8, 4) is 0 Å². The summed E-state index contributed by atoms with van der Waals surface area (Å²) in [5, 5.41) is 0. The molecule has 0 aliphatic rings. The molecule has 0 bridgehead atoms. The average Bonchev–Trinajstić information content (AvgIpc) is 2.52. The van der Waals surface area contributed by atoms with E-state index in [-0.39, 0.29) is 10.7 Å². The number of nitrogens with one attached hydrogen (secondary N) is 2. The Balaban J connectivity index is 1.94. The van der Waals surface area contributed by atoms with Gasteiger partial charge in [0.25, 0.3) is 10.0 Å². The van der Waals surface area contributed by atoms with Crippen LogP contribution in [0.15, 0.2) is 71.8 Å². The van der Waals surface area contributed by atoms with Crippen molar-refractivity contribution in [3.05, 3.63) is 78.0 Å². The van der Waals surface area contributed by atoms with Crippen LogP contribution in [0.1, 0.15) is 15.9 Å². The van der Waals surface area contributed by atoms with E-state index in [9.17, 15) is 13.2 Å². The van der Waals surface area contributed by atoms with E-state index in [1.807, 2.05) is 13.0 Å². The van der Waals surface area contributed by atoms with E-state index in [1.54, 1.807) is 36.4 Å². The molecule has 0 atom stereocenters. The molecule has 2 N–H and O–H groups in total. The third kappa shape index (κ3) is 4.28. The Hall–Kier alpha value is -2.44. The molecule has 2 aromatic carbocycles. The molecule has 0 heterocycles. The lowest BCUT2D eigenvalue weighted by Crippen LogP contribution is -2.33. The Labute approximate surface area is 129 Å². The standard InChI is InChI=1S/C16H16N2O3S/c1-13-7-9-15(10-8-13)22(20,21)18-17-12-11-16(19)14-5-3-2-4-6-14/h2-12,17-18H,1H3/b12-11+. The van der Waals surface area contributed by atoms with Gasteiger partial charge in [0, 0.05) is 17.8 Å². The van der Waals surface area contributed by atoms with Gasteiger partial charge in [-0.2, -0.15) is 0 Å². The molecule has 0 saturated carbocycles. The highest BCUT2D eigenvalue weighted by Crippen LogP contribution is 2.08. The molecular weight excluding hydrogens is 300 g/mol. The van der Waals surface area contributed by atoms with Gasteiger partial charge in [-0.05, 0) is 19.1 Å². The molecule has 114 valence electrons. The summed E-state index contributed by atoms with van der Waals surface area (Å²) in [6.07, 6.45) is 2.51. The van der Waals surface area contributed by atoms with Crippen LogP contribution in [0.25, 0.3) is 0 Å². The molecule has 0 radical (unpaired) electrons. The predicted molar refractivity (Wildman–Crippen MR) is 84.5 cm³/mol. The fourth-order valence-corrected chi connectivity index (χ4v) is 2.54. The summed E-state index contributed by atoms with van der Waals surface area (Å²) in [4.78, 5) is 14.1. The number of hydrogen-bond donors (Lipinski definition) is 2. The molecule has 6 heteroatoms. The number of aryl methyl sites for hydroxylation is 1. The van der Waals surface area contributed by atoms with Gasteiger partial charge in [-0.1, -0.05) is 48.0 Å². The number of carbonyl (C=O) groups excluding carboxylic acids is 1. The molecule has 0 spiro atoms. The second kappa shape index (κ2) is 7.02. The number of sulfonamides is 1. The number of ketones is 1. The SMILES string of the molecule is Cc1ccc(S(=O)(=O)NN/C=C/C(=O)c2ccccc2)cc1. The molecule has 0 aliphatic heterocycles. The number of carbonyl (C=O) groups is 1. The van der Waals surface area contributed by atoms with Gasteiger partial charge in [0.2, 0.25) is 0 Å². The van der Waals surface area contributed by atoms with E-state index in [2.05, 4.69) is 10.3 Å². The molecule has 0 amide bonds. The van der Waals surface area contributed by atoms with Gasteiger partial charge < -0.3 is 5.43 Å². The molecule has 2 rings (SSSR count). The van der Waals surface area contributed by atoms with Crippen LogP contribution in [0.3, 0.4) is 0 Å². The Kier molecular flexibility index (Phi) is 5.08. The Bertz CT molecular complexity index is 767. The molecule has 0 aromatic heterocycles. The zero-order chi connectivity index (χ0) is 16.0. The van der Waals surface area contributed by atoms with Crippen molar-refractivity contribution in [2.45, 2.75) is 11.8 Å². The van der Waals surface area contributed by atoms with Gasteiger partial charge in [-0.15, -0.1) is 4.83 Å². The molecule has 2 aromatic rings. The van der Waals surface area contributed by atoms with E-state index in [1.165, 1.54) is 24.4 Å². The van der Waals surface area contributed by atoms with Crippen molar-refractivity contribution >= 4 is 15.8 Å². The second-order valence-corrected chi connectivity index (χ2v) is 6.31. The van der Waals surface area contributed by atoms with Crippen LogP contribution >= 0.6 is 0 Å². The number of rotatable bonds is 6. The fourth-order valence-electron chi connectivity index (χ4n) is 1.70. The van der Waals surface area contributed by atoms with Crippen molar-refractivity contribution in [3.63, 3.8) is 0 Å². The quantitative estimate of drug-likeness (QED) is 0.486. The Morgan fingerprint density at radius 3 is 2.27 bits per heavy atom. The molecule has 22 heavy (non-hydrogen) atoms. The van der Waals surface area contributed by atoms with Crippen LogP contribution < -0.4 is 10.3 Å². The molecule has 0 fully saturated rings. The van der Waals surface area contributed by atoms with E-state index >= 15 is 0 Å². The lowest BCUT2D eigenvalue weighted by atomic mass is 10.1. The number of hydrogen-bond acceptors (Lipinski definition) is 4. The molecular formula is C16H16N2O3S. The smallest absolute Gasteiger partial charge is 0.257 e. The minimum Gasteiger partial charge on any atom is -0.315 e. The maximum atomic E-state index is 12.0. The first-order valence-electron chi connectivity index (χ1n) is 6.59. The van der Waals surface area contributed by atoms with Gasteiger partial charge >= 0.3 is 0 Å². The number of allylic oxidation sites excluding steroid dienone is 1. The zero-order valence-electron chi connectivity index (χ0n) is 12.0. The first kappa shape index (κ1) is 15.9. The first-order valence-corrected chi connectivity index (χ1v) is 8.07. The summed E-state index contributed by atoms with van der Waals surface area (Å²) in [6, 6.07) is 15.1. The monoisotopic (exact) mass is 316 g/mol. The van der Waals surface area contributed by atoms with Crippen LogP contribution in [0, 0.1) is 6.92 Å². The van der Waals surface area contributed by atoms with Gasteiger partial charge in [0.05, 0.1) is 4.90 Å². The lowest BCUT2D eigenvalue weighted by Gasteiger charge is -2.06. The van der Waals surface area contributed by atoms with E-state index in [0.717, 1.165) is 5.56 Å². The van der Waals surface area contributed by atoms with E-state index in [0.29, 0.717) is 5.56 Å². The van der Waals surface area contributed by atoms with Crippen LogP contribution in [0.4, 0.5) is 0 Å². The molecule has 0 unspecified atom stereocenters. The largest absolute Gasteiger partial charge is 0.315 e. The summed E-state index contributed by atoms with van der Waals surface area (Å²) in [5.74, 6) is -0.220. The van der Waals surface area contributed by atoms with Gasteiger partial charge in [0.15, 0.2) is 5.78 Å². The maximum absolute atomic E-state index is 12.0. The summed E-state index contributed by atoms with van der Waals surface area (Å²) >= 11 is 0. The first-order chi connectivity index (χ1) is 10.5. The maximum Gasteiger partial charge on any atom is 0.257 e. The lowest BCUT2D eigenvalue weighted by molar-refractivity contribution is 0.104. The molecule has 0 saturated heterocycles. The minimum absolute atomic E-state index is 0.147. The van der Waals surface area contributed by atoms with Gasteiger partial charge in [-0.3, -0.25) is 4.79 Å². The highest BCUT2D eigenvalue weighted by atomic mass is 32.2. The van der Waals surface area contributed by atoms with Crippen molar-refractivity contribution in [2.24, 2.45) is 0 Å². The van der Waals surface area contributed by atoms with Crippen molar-refractivity contribution in [1.29, 1.82) is 0 Å². The topological polar surface area (TPSA) is 75.3 Å². The van der Waals surface area contributed by atoms with Gasteiger partial charge in [0.1, 0.15) is 0 Å². The van der Waals surface area contributed by atoms with Crippen LogP contribution in [-0.4, -0.2) is 14.2 Å².